The smallest absolute Gasteiger partial charge is 0.0787 e. The van der Waals surface area contributed by atoms with Crippen molar-refractivity contribution in [2.75, 3.05) is 6.54 Å². The van der Waals surface area contributed by atoms with Crippen LogP contribution in [0.1, 0.15) is 18.4 Å². The SMILES string of the molecule is Brc1cc(CC2CCCN2)ccc1-n1cccn1. The molecule has 1 aromatic heterocycles. The summed E-state index contributed by atoms with van der Waals surface area (Å²) < 4.78 is 2.98. The number of nitrogens with one attached hydrogen (secondary N) is 1. The molecule has 0 bridgehead atoms. The number of aromatic nitrogens is 2. The second-order valence-electron chi connectivity index (χ2n) is 4.73. The van der Waals surface area contributed by atoms with E-state index >= 15 is 0 Å². The van der Waals surface area contributed by atoms with E-state index in [4.69, 9.17) is 0 Å². The van der Waals surface area contributed by atoms with Crippen LogP contribution < -0.4 is 5.32 Å². The predicted molar refractivity (Wildman–Crippen MR) is 76.0 cm³/mol. The average Bonchev–Trinajstić information content (AvgIpc) is 3.01. The maximum Gasteiger partial charge on any atom is 0.0787 e. The van der Waals surface area contributed by atoms with E-state index in [9.17, 15) is 0 Å². The molecule has 0 radical (unpaired) electrons. The van der Waals surface area contributed by atoms with Crippen LogP contribution in [-0.4, -0.2) is 22.4 Å². The van der Waals surface area contributed by atoms with Crippen LogP contribution in [0.25, 0.3) is 5.69 Å². The molecule has 1 aliphatic heterocycles. The molecule has 3 nitrogen and oxygen atoms in total. The van der Waals surface area contributed by atoms with E-state index in [0.717, 1.165) is 23.1 Å². The number of halogens is 1. The average molecular weight is 306 g/mol. The summed E-state index contributed by atoms with van der Waals surface area (Å²) in [4.78, 5) is 0. The van der Waals surface area contributed by atoms with Crippen molar-refractivity contribution in [1.29, 1.82) is 0 Å². The summed E-state index contributed by atoms with van der Waals surface area (Å²) in [6.45, 7) is 1.16. The molecule has 3 rings (SSSR count). The van der Waals surface area contributed by atoms with Gasteiger partial charge in [-0.15, -0.1) is 0 Å². The Kier molecular flexibility index (Phi) is 3.48. The summed E-state index contributed by atoms with van der Waals surface area (Å²) in [5, 5.41) is 7.79. The van der Waals surface area contributed by atoms with Crippen molar-refractivity contribution in [3.8, 4) is 5.69 Å². The normalized spacial score (nSPS) is 19.3. The van der Waals surface area contributed by atoms with Gasteiger partial charge in [-0.3, -0.25) is 0 Å². The van der Waals surface area contributed by atoms with Crippen molar-refractivity contribution in [2.45, 2.75) is 25.3 Å². The molecule has 2 heterocycles. The first kappa shape index (κ1) is 11.9. The highest BCUT2D eigenvalue weighted by Crippen LogP contribution is 2.23. The van der Waals surface area contributed by atoms with Crippen molar-refractivity contribution in [3.63, 3.8) is 0 Å². The first-order valence-corrected chi connectivity index (χ1v) is 7.14. The molecule has 1 N–H and O–H groups in total. The molecule has 1 atom stereocenters. The zero-order chi connectivity index (χ0) is 12.4. The Labute approximate surface area is 115 Å². The quantitative estimate of drug-likeness (QED) is 0.945. The lowest BCUT2D eigenvalue weighted by Crippen LogP contribution is -2.23. The third kappa shape index (κ3) is 2.49. The molecule has 0 amide bonds. The molecule has 1 aromatic carbocycles. The number of hydrogen-bond acceptors (Lipinski definition) is 2. The van der Waals surface area contributed by atoms with Crippen molar-refractivity contribution in [1.82, 2.24) is 15.1 Å². The van der Waals surface area contributed by atoms with Gasteiger partial charge in [0.05, 0.1) is 5.69 Å². The standard InChI is InChI=1S/C14H16BrN3/c15-13-10-11(9-12-3-1-6-16-12)4-5-14(13)18-8-2-7-17-18/h2,4-5,7-8,10,12,16H,1,3,6,9H2. The Bertz CT molecular complexity index is 516. The highest BCUT2D eigenvalue weighted by atomic mass is 79.9. The van der Waals surface area contributed by atoms with E-state index in [-0.39, 0.29) is 0 Å². The Morgan fingerprint density at radius 2 is 2.39 bits per heavy atom. The van der Waals surface area contributed by atoms with Gasteiger partial charge in [-0.05, 0) is 65.5 Å². The summed E-state index contributed by atoms with van der Waals surface area (Å²) in [5.74, 6) is 0. The maximum atomic E-state index is 4.25. The molecular formula is C14H16BrN3. The highest BCUT2D eigenvalue weighted by molar-refractivity contribution is 9.10. The molecule has 0 aliphatic carbocycles. The number of rotatable bonds is 3. The van der Waals surface area contributed by atoms with Crippen LogP contribution in [0.15, 0.2) is 41.1 Å². The predicted octanol–water partition coefficient (Wildman–Crippen LogP) is 2.93. The number of benzene rings is 1. The largest absolute Gasteiger partial charge is 0.314 e. The van der Waals surface area contributed by atoms with Crippen LogP contribution in [-0.2, 0) is 6.42 Å². The third-order valence-corrected chi connectivity index (χ3v) is 4.04. The summed E-state index contributed by atoms with van der Waals surface area (Å²) >= 11 is 3.64. The molecule has 1 saturated heterocycles. The maximum absolute atomic E-state index is 4.25. The first-order chi connectivity index (χ1) is 8.83. The van der Waals surface area contributed by atoms with E-state index in [0.29, 0.717) is 6.04 Å². The molecule has 1 unspecified atom stereocenters. The van der Waals surface area contributed by atoms with Gasteiger partial charge < -0.3 is 5.32 Å². The van der Waals surface area contributed by atoms with E-state index in [2.05, 4.69) is 44.5 Å². The van der Waals surface area contributed by atoms with Gasteiger partial charge in [-0.25, -0.2) is 4.68 Å². The van der Waals surface area contributed by atoms with Crippen molar-refractivity contribution in [2.24, 2.45) is 0 Å². The minimum Gasteiger partial charge on any atom is -0.314 e. The highest BCUT2D eigenvalue weighted by Gasteiger charge is 2.15. The Morgan fingerprint density at radius 3 is 3.06 bits per heavy atom. The second kappa shape index (κ2) is 5.24. The lowest BCUT2D eigenvalue weighted by Gasteiger charge is -2.12. The van der Waals surface area contributed by atoms with E-state index in [1.54, 1.807) is 6.20 Å². The lowest BCUT2D eigenvalue weighted by molar-refractivity contribution is 0.603. The van der Waals surface area contributed by atoms with Crippen LogP contribution in [0.2, 0.25) is 0 Å². The minimum atomic E-state index is 0.646. The summed E-state index contributed by atoms with van der Waals surface area (Å²) in [7, 11) is 0. The minimum absolute atomic E-state index is 0.646. The molecule has 1 aliphatic rings. The number of nitrogens with zero attached hydrogens (tertiary/aromatic N) is 2. The van der Waals surface area contributed by atoms with Gasteiger partial charge in [0, 0.05) is 22.9 Å². The number of hydrogen-bond donors (Lipinski definition) is 1. The molecular weight excluding hydrogens is 290 g/mol. The van der Waals surface area contributed by atoms with Crippen LogP contribution >= 0.6 is 15.9 Å². The van der Waals surface area contributed by atoms with Crippen LogP contribution in [0.3, 0.4) is 0 Å². The lowest BCUT2D eigenvalue weighted by atomic mass is 10.0. The zero-order valence-corrected chi connectivity index (χ0v) is 11.7. The molecule has 2 aromatic rings. The van der Waals surface area contributed by atoms with Crippen molar-refractivity contribution < 1.29 is 0 Å². The van der Waals surface area contributed by atoms with Crippen LogP contribution in [0, 0.1) is 0 Å². The topological polar surface area (TPSA) is 29.9 Å². The molecule has 1 fully saturated rings. The van der Waals surface area contributed by atoms with E-state index in [1.807, 2.05) is 16.9 Å². The van der Waals surface area contributed by atoms with Gasteiger partial charge in [-0.1, -0.05) is 6.07 Å². The van der Waals surface area contributed by atoms with Gasteiger partial charge in [0.25, 0.3) is 0 Å². The summed E-state index contributed by atoms with van der Waals surface area (Å²) in [5.41, 5.74) is 2.46. The fourth-order valence-corrected chi connectivity index (χ4v) is 3.10. The molecule has 4 heteroatoms. The first-order valence-electron chi connectivity index (χ1n) is 6.35. The molecule has 0 spiro atoms. The molecule has 18 heavy (non-hydrogen) atoms. The van der Waals surface area contributed by atoms with Gasteiger partial charge in [0.1, 0.15) is 0 Å². The second-order valence-corrected chi connectivity index (χ2v) is 5.59. The fourth-order valence-electron chi connectivity index (χ4n) is 2.49. The zero-order valence-electron chi connectivity index (χ0n) is 10.1. The summed E-state index contributed by atoms with van der Waals surface area (Å²) in [6, 6.07) is 9.11. The molecule has 94 valence electrons. The van der Waals surface area contributed by atoms with Crippen molar-refractivity contribution in [3.05, 3.63) is 46.7 Å². The van der Waals surface area contributed by atoms with Gasteiger partial charge in [-0.2, -0.15) is 5.10 Å². The Morgan fingerprint density at radius 1 is 1.44 bits per heavy atom. The summed E-state index contributed by atoms with van der Waals surface area (Å²) in [6.07, 6.45) is 7.45. The van der Waals surface area contributed by atoms with Crippen molar-refractivity contribution >= 4 is 15.9 Å². The fraction of sp³-hybridized carbons (Fsp3) is 0.357. The Balaban J connectivity index is 1.80. The van der Waals surface area contributed by atoms with E-state index < -0.39 is 0 Å². The van der Waals surface area contributed by atoms with Gasteiger partial charge >= 0.3 is 0 Å². The van der Waals surface area contributed by atoms with Gasteiger partial charge in [0.15, 0.2) is 0 Å². The molecule has 0 saturated carbocycles. The van der Waals surface area contributed by atoms with Crippen LogP contribution in [0.5, 0.6) is 0 Å². The Hall–Kier alpha value is -1.13. The van der Waals surface area contributed by atoms with Crippen LogP contribution in [0.4, 0.5) is 0 Å². The van der Waals surface area contributed by atoms with Gasteiger partial charge in [0.2, 0.25) is 0 Å². The monoisotopic (exact) mass is 305 g/mol. The van der Waals surface area contributed by atoms with E-state index in [1.165, 1.54) is 18.4 Å². The third-order valence-electron chi connectivity index (χ3n) is 3.41.